The van der Waals surface area contributed by atoms with Gasteiger partial charge in [-0.25, -0.2) is 4.98 Å². The van der Waals surface area contributed by atoms with E-state index < -0.39 is 0 Å². The molecule has 0 amide bonds. The normalized spacial score (nSPS) is 14.8. The molecule has 1 aliphatic rings. The fraction of sp³-hybridized carbons (Fsp3) is 0.0278. The molecule has 0 fully saturated rings. The van der Waals surface area contributed by atoms with E-state index in [2.05, 4.69) is 143 Å². The largest absolute Gasteiger partial charge is 0.247 e. The first kappa shape index (κ1) is 21.8. The summed E-state index contributed by atoms with van der Waals surface area (Å²) in [5.41, 5.74) is 7.14. The maximum absolute atomic E-state index is 5.31. The Balaban J connectivity index is 1.38. The number of halogens is 1. The summed E-state index contributed by atoms with van der Waals surface area (Å²) in [7, 11) is 0. The van der Waals surface area contributed by atoms with E-state index in [0.29, 0.717) is 0 Å². The molecule has 0 aliphatic heterocycles. The van der Waals surface area contributed by atoms with Gasteiger partial charge in [0, 0.05) is 26.4 Å². The molecule has 1 aliphatic carbocycles. The number of hydrogen-bond donors (Lipinski definition) is 0. The summed E-state index contributed by atoms with van der Waals surface area (Å²) in [5.74, 6) is 0.190. The van der Waals surface area contributed by atoms with Crippen molar-refractivity contribution in [3.05, 3.63) is 136 Å². The van der Waals surface area contributed by atoms with Crippen LogP contribution >= 0.6 is 15.9 Å². The molecule has 0 saturated carbocycles. The zero-order chi connectivity index (χ0) is 25.2. The Labute approximate surface area is 228 Å². The molecule has 1 heterocycles. The fourth-order valence-corrected chi connectivity index (χ4v) is 6.40. The second-order valence-corrected chi connectivity index (χ2v) is 11.0. The lowest BCUT2D eigenvalue weighted by molar-refractivity contribution is 1.14. The van der Waals surface area contributed by atoms with Crippen LogP contribution in [0.15, 0.2) is 120 Å². The van der Waals surface area contributed by atoms with Gasteiger partial charge in [-0.05, 0) is 62.0 Å². The summed E-state index contributed by atoms with van der Waals surface area (Å²) in [6, 6.07) is 39.3. The third-order valence-corrected chi connectivity index (χ3v) is 8.47. The van der Waals surface area contributed by atoms with Crippen molar-refractivity contribution < 1.29 is 0 Å². The summed E-state index contributed by atoms with van der Waals surface area (Å²) in [6.07, 6.45) is 7.04. The molecule has 0 bridgehead atoms. The number of fused-ring (bicyclic) bond motifs is 7. The van der Waals surface area contributed by atoms with Crippen molar-refractivity contribution in [3.63, 3.8) is 0 Å². The number of allylic oxidation sites excluding steroid dienone is 1. The van der Waals surface area contributed by atoms with Gasteiger partial charge in [-0.15, -0.1) is 0 Å². The predicted molar refractivity (Wildman–Crippen MR) is 165 cm³/mol. The van der Waals surface area contributed by atoms with E-state index >= 15 is 0 Å². The number of pyridine rings is 1. The third-order valence-electron chi connectivity index (χ3n) is 7.94. The van der Waals surface area contributed by atoms with Crippen molar-refractivity contribution in [2.45, 2.75) is 5.92 Å². The zero-order valence-corrected chi connectivity index (χ0v) is 22.1. The van der Waals surface area contributed by atoms with Crippen molar-refractivity contribution in [2.24, 2.45) is 0 Å². The number of rotatable bonds is 2. The standard InChI is InChI=1S/C36H22BrN/c37-27-18-15-23(16-19-27)22-11-13-24(14-12-22)26-17-20-29-28-7-1-2-8-30(28)35-31-9-3-5-25-6-4-10-33(34(25)31)38-36(35)32(29)21-26/h1-21,26H. The molecule has 7 aromatic rings. The fourth-order valence-electron chi connectivity index (χ4n) is 6.13. The highest BCUT2D eigenvalue weighted by Gasteiger charge is 2.18. The number of benzene rings is 6. The average molecular weight is 548 g/mol. The molecule has 1 nitrogen and oxygen atoms in total. The zero-order valence-electron chi connectivity index (χ0n) is 20.5. The maximum Gasteiger partial charge on any atom is 0.0797 e. The lowest BCUT2D eigenvalue weighted by atomic mass is 9.86. The van der Waals surface area contributed by atoms with Gasteiger partial charge in [0.1, 0.15) is 0 Å². The van der Waals surface area contributed by atoms with Gasteiger partial charge in [0.2, 0.25) is 0 Å². The van der Waals surface area contributed by atoms with Gasteiger partial charge in [0.15, 0.2) is 0 Å². The van der Waals surface area contributed by atoms with Crippen molar-refractivity contribution in [1.29, 1.82) is 0 Å². The van der Waals surface area contributed by atoms with Crippen LogP contribution in [0.2, 0.25) is 0 Å². The highest BCUT2D eigenvalue weighted by atomic mass is 79.9. The van der Waals surface area contributed by atoms with Crippen LogP contribution < -0.4 is 5.22 Å². The molecule has 6 aromatic carbocycles. The minimum absolute atomic E-state index is 0.190. The second kappa shape index (κ2) is 8.37. The van der Waals surface area contributed by atoms with Gasteiger partial charge in [-0.3, -0.25) is 0 Å². The Kier molecular flexibility index (Phi) is 4.80. The van der Waals surface area contributed by atoms with Crippen LogP contribution in [0.25, 0.3) is 66.6 Å². The van der Waals surface area contributed by atoms with Gasteiger partial charge >= 0.3 is 0 Å². The monoisotopic (exact) mass is 547 g/mol. The first-order chi connectivity index (χ1) is 18.7. The Morgan fingerprint density at radius 2 is 1.29 bits per heavy atom. The lowest BCUT2D eigenvalue weighted by Crippen LogP contribution is -2.15. The molecule has 0 saturated heterocycles. The first-order valence-corrected chi connectivity index (χ1v) is 13.8. The van der Waals surface area contributed by atoms with E-state index in [-0.39, 0.29) is 5.92 Å². The van der Waals surface area contributed by atoms with Crippen LogP contribution in [0.1, 0.15) is 17.0 Å². The molecule has 38 heavy (non-hydrogen) atoms. The Morgan fingerprint density at radius 3 is 2.08 bits per heavy atom. The SMILES string of the molecule is Brc1ccc(-c2ccc(C3C=Cc4c(c5nc6cccc7cccc(c76)c5c5ccccc45)=C3)cc2)cc1. The average Bonchev–Trinajstić information content (AvgIpc) is 2.98. The smallest absolute Gasteiger partial charge is 0.0797 e. The van der Waals surface area contributed by atoms with Crippen LogP contribution in [0.3, 0.4) is 0 Å². The van der Waals surface area contributed by atoms with Crippen molar-refractivity contribution in [2.75, 3.05) is 0 Å². The Bertz CT molecular complexity index is 2120. The summed E-state index contributed by atoms with van der Waals surface area (Å²) < 4.78 is 1.10. The van der Waals surface area contributed by atoms with E-state index in [1.54, 1.807) is 0 Å². The van der Waals surface area contributed by atoms with Crippen molar-refractivity contribution in [3.8, 4) is 11.1 Å². The molecule has 1 unspecified atom stereocenters. The third kappa shape index (κ3) is 3.27. The molecule has 1 atom stereocenters. The highest BCUT2D eigenvalue weighted by Crippen LogP contribution is 2.37. The molecular formula is C36H22BrN. The molecule has 2 heteroatoms. The number of nitrogens with zero attached hydrogens (tertiary/aromatic N) is 1. The van der Waals surface area contributed by atoms with E-state index in [0.717, 1.165) is 15.5 Å². The van der Waals surface area contributed by atoms with Crippen molar-refractivity contribution >= 4 is 71.4 Å². The van der Waals surface area contributed by atoms with Crippen molar-refractivity contribution in [1.82, 2.24) is 4.98 Å². The second-order valence-electron chi connectivity index (χ2n) is 10.1. The van der Waals surface area contributed by atoms with E-state index in [4.69, 9.17) is 4.98 Å². The van der Waals surface area contributed by atoms with Gasteiger partial charge < -0.3 is 0 Å². The van der Waals surface area contributed by atoms with Crippen LogP contribution in [0, 0.1) is 0 Å². The minimum atomic E-state index is 0.190. The van der Waals surface area contributed by atoms with Gasteiger partial charge in [-0.1, -0.05) is 125 Å². The molecule has 1 aromatic heterocycles. The molecule has 0 radical (unpaired) electrons. The number of aromatic nitrogens is 1. The van der Waals surface area contributed by atoms with Crippen LogP contribution in [-0.2, 0) is 0 Å². The van der Waals surface area contributed by atoms with E-state index in [9.17, 15) is 0 Å². The van der Waals surface area contributed by atoms with Gasteiger partial charge in [-0.2, -0.15) is 0 Å². The predicted octanol–water partition coefficient (Wildman–Crippen LogP) is 9.43. The lowest BCUT2D eigenvalue weighted by Gasteiger charge is -2.19. The molecule has 178 valence electrons. The minimum Gasteiger partial charge on any atom is -0.247 e. The maximum atomic E-state index is 5.31. The summed E-state index contributed by atoms with van der Waals surface area (Å²) in [4.78, 5) is 5.31. The number of hydrogen-bond acceptors (Lipinski definition) is 1. The Hall–Kier alpha value is -4.27. The van der Waals surface area contributed by atoms with Crippen LogP contribution in [0.5, 0.6) is 0 Å². The van der Waals surface area contributed by atoms with Crippen LogP contribution in [-0.4, -0.2) is 4.98 Å². The molecular weight excluding hydrogens is 526 g/mol. The molecule has 0 spiro atoms. The van der Waals surface area contributed by atoms with Crippen LogP contribution in [0.4, 0.5) is 0 Å². The summed E-state index contributed by atoms with van der Waals surface area (Å²) in [6.45, 7) is 0. The van der Waals surface area contributed by atoms with E-state index in [1.165, 1.54) is 59.8 Å². The molecule has 0 N–H and O–H groups in total. The summed E-state index contributed by atoms with van der Waals surface area (Å²) in [5, 5.41) is 8.80. The molecule has 8 rings (SSSR count). The Morgan fingerprint density at radius 1 is 0.605 bits per heavy atom. The summed E-state index contributed by atoms with van der Waals surface area (Å²) >= 11 is 3.53. The quantitative estimate of drug-likeness (QED) is 0.155. The topological polar surface area (TPSA) is 12.9 Å². The first-order valence-electron chi connectivity index (χ1n) is 13.0. The van der Waals surface area contributed by atoms with Gasteiger partial charge in [0.25, 0.3) is 0 Å². The van der Waals surface area contributed by atoms with Gasteiger partial charge in [0.05, 0.1) is 11.0 Å². The highest BCUT2D eigenvalue weighted by molar-refractivity contribution is 9.10. The van der Waals surface area contributed by atoms with E-state index in [1.807, 2.05) is 0 Å².